The summed E-state index contributed by atoms with van der Waals surface area (Å²) >= 11 is 11.4. The Morgan fingerprint density at radius 1 is 1.47 bits per heavy atom. The third kappa shape index (κ3) is 2.55. The van der Waals surface area contributed by atoms with Crippen LogP contribution in [-0.2, 0) is 6.54 Å². The number of nitrogens with one attached hydrogen (secondary N) is 1. The van der Waals surface area contributed by atoms with Gasteiger partial charge in [0, 0.05) is 18.8 Å². The van der Waals surface area contributed by atoms with Crippen molar-refractivity contribution in [2.75, 3.05) is 13.1 Å². The van der Waals surface area contributed by atoms with E-state index in [9.17, 15) is 0 Å². The highest BCUT2D eigenvalue weighted by atomic mass is 35.5. The molecule has 1 fully saturated rings. The summed E-state index contributed by atoms with van der Waals surface area (Å²) in [6.07, 6.45) is 4.28. The fourth-order valence-electron chi connectivity index (χ4n) is 2.75. The monoisotopic (exact) mass is 296 g/mol. The van der Waals surface area contributed by atoms with E-state index in [1.807, 2.05) is 6.07 Å². The zero-order valence-electron chi connectivity index (χ0n) is 10.9. The highest BCUT2D eigenvalue weighted by Gasteiger charge is 2.19. The number of fused-ring (bicyclic) bond motifs is 1. The van der Waals surface area contributed by atoms with E-state index in [-0.39, 0.29) is 0 Å². The van der Waals surface area contributed by atoms with Gasteiger partial charge in [-0.15, -0.1) is 0 Å². The number of halogens is 1. The van der Waals surface area contributed by atoms with Crippen LogP contribution < -0.4 is 0 Å². The number of imidazole rings is 1. The maximum atomic E-state index is 5.96. The molecule has 0 radical (unpaired) electrons. The number of aromatic nitrogens is 3. The Morgan fingerprint density at radius 3 is 2.95 bits per heavy atom. The first-order valence-corrected chi connectivity index (χ1v) is 7.42. The van der Waals surface area contributed by atoms with Gasteiger partial charge < -0.3 is 4.98 Å². The average molecular weight is 297 g/mol. The maximum absolute atomic E-state index is 5.96. The number of likely N-dealkylation sites (tertiary alicyclic amines) is 1. The van der Waals surface area contributed by atoms with Crippen molar-refractivity contribution in [3.63, 3.8) is 0 Å². The molecule has 4 nitrogen and oxygen atoms in total. The predicted molar refractivity (Wildman–Crippen MR) is 80.2 cm³/mol. The van der Waals surface area contributed by atoms with Gasteiger partial charge in [-0.3, -0.25) is 9.47 Å². The summed E-state index contributed by atoms with van der Waals surface area (Å²) < 4.78 is 2.79. The van der Waals surface area contributed by atoms with Gasteiger partial charge in [0.05, 0.1) is 10.5 Å². The van der Waals surface area contributed by atoms with Gasteiger partial charge in [0.15, 0.2) is 10.4 Å². The zero-order chi connectivity index (χ0) is 13.4. The number of nitrogens with zero attached hydrogens (tertiary/aromatic N) is 3. The molecule has 1 aliphatic heterocycles. The van der Waals surface area contributed by atoms with Gasteiger partial charge in [-0.1, -0.05) is 11.6 Å². The summed E-state index contributed by atoms with van der Waals surface area (Å²) in [6, 6.07) is 2.35. The lowest BCUT2D eigenvalue weighted by Crippen LogP contribution is -2.33. The highest BCUT2D eigenvalue weighted by molar-refractivity contribution is 7.71. The molecule has 1 saturated heterocycles. The Balaban J connectivity index is 1.91. The molecule has 0 aromatic carbocycles. The van der Waals surface area contributed by atoms with Gasteiger partial charge in [-0.05, 0) is 51.1 Å². The summed E-state index contributed by atoms with van der Waals surface area (Å²) in [7, 11) is 0. The smallest absolute Gasteiger partial charge is 0.179 e. The van der Waals surface area contributed by atoms with E-state index in [0.29, 0.717) is 11.1 Å². The Bertz CT molecular complexity index is 642. The van der Waals surface area contributed by atoms with Crippen molar-refractivity contribution in [3.05, 3.63) is 22.1 Å². The van der Waals surface area contributed by atoms with Crippen LogP contribution in [0.2, 0.25) is 5.02 Å². The summed E-state index contributed by atoms with van der Waals surface area (Å²) in [5.41, 5.74) is 1.80. The van der Waals surface area contributed by atoms with E-state index in [2.05, 4.69) is 26.4 Å². The maximum Gasteiger partial charge on any atom is 0.179 e. The molecule has 1 N–H and O–H groups in total. The van der Waals surface area contributed by atoms with Crippen LogP contribution in [0.1, 0.15) is 19.8 Å². The number of H-pyrrole nitrogens is 1. The molecule has 6 heteroatoms. The third-order valence-corrected chi connectivity index (χ3v) is 4.32. The first kappa shape index (κ1) is 13.1. The molecule has 0 aliphatic carbocycles. The van der Waals surface area contributed by atoms with E-state index in [4.69, 9.17) is 23.8 Å². The Hall–Kier alpha value is -0.910. The van der Waals surface area contributed by atoms with Gasteiger partial charge in [0.1, 0.15) is 0 Å². The minimum absolute atomic E-state index is 0.477. The first-order chi connectivity index (χ1) is 9.15. The summed E-state index contributed by atoms with van der Waals surface area (Å²) in [4.78, 5) is 10.1. The molecular formula is C13H17ClN4S. The summed E-state index contributed by atoms with van der Waals surface area (Å²) in [6.45, 7) is 5.50. The minimum Gasteiger partial charge on any atom is -0.329 e. The van der Waals surface area contributed by atoms with E-state index < -0.39 is 0 Å². The number of hydrogen-bond acceptors (Lipinski definition) is 3. The van der Waals surface area contributed by atoms with Crippen molar-refractivity contribution in [1.82, 2.24) is 19.4 Å². The van der Waals surface area contributed by atoms with E-state index >= 15 is 0 Å². The molecule has 1 aliphatic rings. The molecule has 1 atom stereocenters. The first-order valence-electron chi connectivity index (χ1n) is 6.63. The Labute approximate surface area is 122 Å². The van der Waals surface area contributed by atoms with Crippen molar-refractivity contribution >= 4 is 35.0 Å². The fraction of sp³-hybridized carbons (Fsp3) is 0.538. The second-order valence-corrected chi connectivity index (χ2v) is 5.98. The molecule has 1 unspecified atom stereocenters. The van der Waals surface area contributed by atoms with Crippen LogP contribution in [0.3, 0.4) is 0 Å². The predicted octanol–water partition coefficient (Wildman–Crippen LogP) is 3.23. The van der Waals surface area contributed by atoms with E-state index in [0.717, 1.165) is 22.5 Å². The second-order valence-electron chi connectivity index (χ2n) is 5.16. The van der Waals surface area contributed by atoms with Crippen molar-refractivity contribution < 1.29 is 0 Å². The number of pyridine rings is 1. The SMILES string of the molecule is CC(Cn1c(=S)[nH]c2cc(Cl)cnc21)N1CCCC1. The van der Waals surface area contributed by atoms with Crippen LogP contribution in [0.4, 0.5) is 0 Å². The van der Waals surface area contributed by atoms with E-state index in [1.54, 1.807) is 6.20 Å². The third-order valence-electron chi connectivity index (χ3n) is 3.79. The molecule has 0 amide bonds. The standard InChI is InChI=1S/C13H17ClN4S/c1-9(17-4-2-3-5-17)8-18-12-11(16-13(18)19)6-10(14)7-15-12/h6-7,9H,2-5,8H2,1H3,(H,16,19). The topological polar surface area (TPSA) is 36.9 Å². The van der Waals surface area contributed by atoms with Crippen LogP contribution >= 0.6 is 23.8 Å². The van der Waals surface area contributed by atoms with Crippen LogP contribution in [0.15, 0.2) is 12.3 Å². The Morgan fingerprint density at radius 2 is 2.21 bits per heavy atom. The van der Waals surface area contributed by atoms with E-state index in [1.165, 1.54) is 25.9 Å². The second kappa shape index (κ2) is 5.23. The van der Waals surface area contributed by atoms with Gasteiger partial charge in [0.25, 0.3) is 0 Å². The van der Waals surface area contributed by atoms with Crippen molar-refractivity contribution in [3.8, 4) is 0 Å². The van der Waals surface area contributed by atoms with Crippen LogP contribution in [0, 0.1) is 4.77 Å². The van der Waals surface area contributed by atoms with Gasteiger partial charge in [-0.25, -0.2) is 4.98 Å². The zero-order valence-corrected chi connectivity index (χ0v) is 12.5. The molecular weight excluding hydrogens is 280 g/mol. The molecule has 0 bridgehead atoms. The fourth-order valence-corrected chi connectivity index (χ4v) is 3.18. The average Bonchev–Trinajstić information content (AvgIpc) is 2.98. The molecule has 102 valence electrons. The van der Waals surface area contributed by atoms with Crippen molar-refractivity contribution in [2.24, 2.45) is 0 Å². The molecule has 0 saturated carbocycles. The minimum atomic E-state index is 0.477. The largest absolute Gasteiger partial charge is 0.329 e. The van der Waals surface area contributed by atoms with Crippen LogP contribution in [-0.4, -0.2) is 38.6 Å². The quantitative estimate of drug-likeness (QED) is 0.884. The lowest BCUT2D eigenvalue weighted by atomic mass is 10.3. The van der Waals surface area contributed by atoms with Crippen molar-refractivity contribution in [1.29, 1.82) is 0 Å². The molecule has 2 aromatic heterocycles. The summed E-state index contributed by atoms with van der Waals surface area (Å²) in [5, 5.41) is 0.628. The lowest BCUT2D eigenvalue weighted by molar-refractivity contribution is 0.236. The van der Waals surface area contributed by atoms with Gasteiger partial charge in [0.2, 0.25) is 0 Å². The molecule has 2 aromatic rings. The normalized spacial score (nSPS) is 18.2. The molecule has 3 rings (SSSR count). The van der Waals surface area contributed by atoms with Crippen LogP contribution in [0.5, 0.6) is 0 Å². The van der Waals surface area contributed by atoms with Gasteiger partial charge in [-0.2, -0.15) is 0 Å². The van der Waals surface area contributed by atoms with Gasteiger partial charge >= 0.3 is 0 Å². The number of hydrogen-bond donors (Lipinski definition) is 1. The number of aromatic amines is 1. The van der Waals surface area contributed by atoms with Crippen molar-refractivity contribution in [2.45, 2.75) is 32.4 Å². The lowest BCUT2D eigenvalue weighted by Gasteiger charge is -2.24. The number of rotatable bonds is 3. The highest BCUT2D eigenvalue weighted by Crippen LogP contribution is 2.19. The molecule has 0 spiro atoms. The molecule has 3 heterocycles. The summed E-state index contributed by atoms with van der Waals surface area (Å²) in [5.74, 6) is 0. The van der Waals surface area contributed by atoms with Crippen LogP contribution in [0.25, 0.3) is 11.2 Å². The molecule has 19 heavy (non-hydrogen) atoms. The Kier molecular flexibility index (Phi) is 3.60.